The van der Waals surface area contributed by atoms with Gasteiger partial charge in [-0.15, -0.1) is 0 Å². The van der Waals surface area contributed by atoms with E-state index < -0.39 is 0 Å². The summed E-state index contributed by atoms with van der Waals surface area (Å²) in [6.07, 6.45) is 11.1. The Morgan fingerprint density at radius 2 is 1.70 bits per heavy atom. The summed E-state index contributed by atoms with van der Waals surface area (Å²) in [5, 5.41) is 15.0. The van der Waals surface area contributed by atoms with Crippen LogP contribution in [0.5, 0.6) is 0 Å². The molecule has 5 aliphatic rings. The lowest BCUT2D eigenvalue weighted by molar-refractivity contribution is -0.384. The molecule has 4 aliphatic carbocycles. The molecule has 1 heterocycles. The van der Waals surface area contributed by atoms with Gasteiger partial charge in [-0.1, -0.05) is 0 Å². The number of nitrogens with zero attached hydrogens (tertiary/aromatic N) is 2. The van der Waals surface area contributed by atoms with Gasteiger partial charge in [-0.25, -0.2) is 0 Å². The molecule has 0 spiro atoms. The molecule has 1 amide bonds. The van der Waals surface area contributed by atoms with Gasteiger partial charge in [0.1, 0.15) is 5.69 Å². The lowest BCUT2D eigenvalue weighted by Gasteiger charge is -2.59. The van der Waals surface area contributed by atoms with E-state index in [-0.39, 0.29) is 28.0 Å². The van der Waals surface area contributed by atoms with Crippen LogP contribution >= 0.6 is 0 Å². The molecule has 1 atom stereocenters. The Kier molecular flexibility index (Phi) is 4.98. The first-order valence-electron chi connectivity index (χ1n) is 11.8. The SMILES string of the molecule is CC(NC(=O)c1ccc(N2CCCCC2)c([N+](=O)[O-])c1)C12CC3CC(CC(C3)C1)C2. The number of hydrogen-bond acceptors (Lipinski definition) is 4. The van der Waals surface area contributed by atoms with E-state index in [0.717, 1.165) is 43.7 Å². The molecule has 1 aromatic rings. The van der Waals surface area contributed by atoms with E-state index in [4.69, 9.17) is 0 Å². The number of anilines is 1. The van der Waals surface area contributed by atoms with Crippen molar-refractivity contribution in [1.29, 1.82) is 0 Å². The summed E-state index contributed by atoms with van der Waals surface area (Å²) < 4.78 is 0. The van der Waals surface area contributed by atoms with Crippen LogP contribution in [-0.2, 0) is 0 Å². The minimum atomic E-state index is -0.344. The fourth-order valence-corrected chi connectivity index (χ4v) is 7.35. The fraction of sp³-hybridized carbons (Fsp3) is 0.708. The third-order valence-electron chi connectivity index (χ3n) is 8.48. The molecule has 1 saturated heterocycles. The predicted molar refractivity (Wildman–Crippen MR) is 117 cm³/mol. The Morgan fingerprint density at radius 3 is 2.27 bits per heavy atom. The van der Waals surface area contributed by atoms with Crippen molar-refractivity contribution in [2.75, 3.05) is 18.0 Å². The first kappa shape index (κ1) is 19.8. The maximum absolute atomic E-state index is 13.1. The summed E-state index contributed by atoms with van der Waals surface area (Å²) in [5.41, 5.74) is 1.32. The van der Waals surface area contributed by atoms with E-state index in [0.29, 0.717) is 11.3 Å². The molecule has 1 N–H and O–H groups in total. The van der Waals surface area contributed by atoms with Crippen LogP contribution in [0.25, 0.3) is 0 Å². The number of amides is 1. The van der Waals surface area contributed by atoms with E-state index >= 15 is 0 Å². The smallest absolute Gasteiger partial charge is 0.293 e. The maximum Gasteiger partial charge on any atom is 0.293 e. The van der Waals surface area contributed by atoms with Crippen molar-refractivity contribution in [1.82, 2.24) is 5.32 Å². The molecule has 162 valence electrons. The number of rotatable bonds is 5. The van der Waals surface area contributed by atoms with Gasteiger partial charge in [-0.3, -0.25) is 14.9 Å². The largest absolute Gasteiger partial charge is 0.366 e. The summed E-state index contributed by atoms with van der Waals surface area (Å²) in [7, 11) is 0. The molecule has 1 unspecified atom stereocenters. The highest BCUT2D eigenvalue weighted by molar-refractivity contribution is 5.96. The molecule has 6 heteroatoms. The average molecular weight is 412 g/mol. The molecule has 1 aliphatic heterocycles. The van der Waals surface area contributed by atoms with Gasteiger partial charge in [-0.2, -0.15) is 0 Å². The van der Waals surface area contributed by atoms with Crippen LogP contribution in [0.15, 0.2) is 18.2 Å². The van der Waals surface area contributed by atoms with Crippen molar-refractivity contribution >= 4 is 17.3 Å². The van der Waals surface area contributed by atoms with Gasteiger partial charge in [0, 0.05) is 30.8 Å². The van der Waals surface area contributed by atoms with Crippen LogP contribution in [0.4, 0.5) is 11.4 Å². The standard InChI is InChI=1S/C24H33N3O3/c1-16(24-13-17-9-18(14-24)11-19(10-17)15-24)25-23(28)20-5-6-21(22(12-20)27(29)30)26-7-3-2-4-8-26/h5-6,12,16-19H,2-4,7-11,13-15H2,1H3,(H,25,28). The Balaban J connectivity index is 1.33. The van der Waals surface area contributed by atoms with E-state index in [2.05, 4.69) is 17.1 Å². The van der Waals surface area contributed by atoms with E-state index in [1.165, 1.54) is 51.0 Å². The van der Waals surface area contributed by atoms with Crippen LogP contribution in [0.2, 0.25) is 0 Å². The second-order valence-electron chi connectivity index (χ2n) is 10.5. The topological polar surface area (TPSA) is 75.5 Å². The molecule has 0 radical (unpaired) electrons. The van der Waals surface area contributed by atoms with Crippen LogP contribution in [0.1, 0.15) is 75.1 Å². The Labute approximate surface area is 178 Å². The van der Waals surface area contributed by atoms with Crippen LogP contribution in [-0.4, -0.2) is 30.0 Å². The first-order valence-corrected chi connectivity index (χ1v) is 11.8. The van der Waals surface area contributed by atoms with Gasteiger partial charge in [0.05, 0.1) is 4.92 Å². The number of nitrogens with one attached hydrogen (secondary N) is 1. The molecule has 0 aromatic heterocycles. The van der Waals surface area contributed by atoms with Gasteiger partial charge < -0.3 is 10.2 Å². The summed E-state index contributed by atoms with van der Waals surface area (Å²) in [4.78, 5) is 26.5. The number of benzene rings is 1. The Morgan fingerprint density at radius 1 is 1.10 bits per heavy atom. The van der Waals surface area contributed by atoms with E-state index in [9.17, 15) is 14.9 Å². The normalized spacial score (nSPS) is 33.4. The summed E-state index contributed by atoms with van der Waals surface area (Å²) >= 11 is 0. The average Bonchev–Trinajstić information content (AvgIpc) is 2.73. The number of carbonyl (C=O) groups is 1. The zero-order chi connectivity index (χ0) is 20.9. The highest BCUT2D eigenvalue weighted by atomic mass is 16.6. The molecule has 4 bridgehead atoms. The number of nitro benzene ring substituents is 1. The zero-order valence-corrected chi connectivity index (χ0v) is 17.9. The molecule has 30 heavy (non-hydrogen) atoms. The second-order valence-corrected chi connectivity index (χ2v) is 10.5. The summed E-state index contributed by atoms with van der Waals surface area (Å²) in [6.45, 7) is 3.84. The van der Waals surface area contributed by atoms with Crippen molar-refractivity contribution in [2.24, 2.45) is 23.2 Å². The Hall–Kier alpha value is -2.11. The van der Waals surface area contributed by atoms with Crippen LogP contribution < -0.4 is 10.2 Å². The molecule has 4 saturated carbocycles. The number of piperidine rings is 1. The molecule has 5 fully saturated rings. The van der Waals surface area contributed by atoms with Gasteiger partial charge in [0.2, 0.25) is 0 Å². The quantitative estimate of drug-likeness (QED) is 0.551. The molecule has 1 aromatic carbocycles. The van der Waals surface area contributed by atoms with Crippen LogP contribution in [0, 0.1) is 33.3 Å². The number of nitro groups is 1. The number of hydrogen-bond donors (Lipinski definition) is 1. The molecular formula is C24H33N3O3. The third kappa shape index (κ3) is 3.48. The molecule has 6 rings (SSSR count). The van der Waals surface area contributed by atoms with Crippen molar-refractivity contribution in [2.45, 2.75) is 70.8 Å². The minimum Gasteiger partial charge on any atom is -0.366 e. The van der Waals surface area contributed by atoms with Gasteiger partial charge in [-0.05, 0) is 100 Å². The zero-order valence-electron chi connectivity index (χ0n) is 17.9. The van der Waals surface area contributed by atoms with Crippen molar-refractivity contribution in [3.05, 3.63) is 33.9 Å². The third-order valence-corrected chi connectivity index (χ3v) is 8.48. The highest BCUT2D eigenvalue weighted by Gasteiger charge is 2.53. The summed E-state index contributed by atoms with van der Waals surface area (Å²) in [6, 6.07) is 5.12. The highest BCUT2D eigenvalue weighted by Crippen LogP contribution is 2.61. The fourth-order valence-electron chi connectivity index (χ4n) is 7.35. The van der Waals surface area contributed by atoms with Crippen molar-refractivity contribution in [3.8, 4) is 0 Å². The predicted octanol–water partition coefficient (Wildman–Crippen LogP) is 4.92. The molecule has 6 nitrogen and oxygen atoms in total. The lowest BCUT2D eigenvalue weighted by atomic mass is 9.48. The molecular weight excluding hydrogens is 378 g/mol. The maximum atomic E-state index is 13.1. The summed E-state index contributed by atoms with van der Waals surface area (Å²) in [5.74, 6) is 2.33. The Bertz CT molecular complexity index is 811. The first-order chi connectivity index (χ1) is 14.4. The van der Waals surface area contributed by atoms with E-state index in [1.807, 2.05) is 0 Å². The van der Waals surface area contributed by atoms with Gasteiger partial charge >= 0.3 is 0 Å². The van der Waals surface area contributed by atoms with Gasteiger partial charge in [0.25, 0.3) is 11.6 Å². The van der Waals surface area contributed by atoms with E-state index in [1.54, 1.807) is 12.1 Å². The second kappa shape index (κ2) is 7.54. The minimum absolute atomic E-state index is 0.0482. The lowest BCUT2D eigenvalue weighted by Crippen LogP contribution is -2.55. The number of carbonyl (C=O) groups excluding carboxylic acids is 1. The van der Waals surface area contributed by atoms with Crippen molar-refractivity contribution < 1.29 is 9.72 Å². The monoisotopic (exact) mass is 411 g/mol. The van der Waals surface area contributed by atoms with Crippen LogP contribution in [0.3, 0.4) is 0 Å². The van der Waals surface area contributed by atoms with Crippen molar-refractivity contribution in [3.63, 3.8) is 0 Å². The van der Waals surface area contributed by atoms with Gasteiger partial charge in [0.15, 0.2) is 0 Å².